The number of anilines is 1. The standard InChI is InChI=1S/C26H24F2N6O3.CH2O2/c1-14-21(11-34-20-6-4-5-18(27)23(20)37-15(2)24(34)35)33-10-17(19(28)7-22(33)31-14)16-8-29-25(30-9-16)26(36)12-32(3)13-26;2-1-3/h4-10,15,36H,11-13H2,1-3H3;1H,(H,2,3)/t15-;/m1./s1. The van der Waals surface area contributed by atoms with Crippen LogP contribution in [0.25, 0.3) is 16.8 Å². The first-order valence-corrected chi connectivity index (χ1v) is 12.3. The zero-order valence-corrected chi connectivity index (χ0v) is 21.9. The minimum Gasteiger partial charge on any atom is -0.483 e. The van der Waals surface area contributed by atoms with Gasteiger partial charge in [0.15, 0.2) is 23.5 Å². The van der Waals surface area contributed by atoms with E-state index < -0.39 is 23.3 Å². The van der Waals surface area contributed by atoms with Gasteiger partial charge in [-0.15, -0.1) is 0 Å². The minimum absolute atomic E-state index is 0.0179. The number of hydrogen-bond donors (Lipinski definition) is 2. The molecule has 2 N–H and O–H groups in total. The Kier molecular flexibility index (Phi) is 6.94. The molecule has 11 nitrogen and oxygen atoms in total. The molecule has 1 atom stereocenters. The number of likely N-dealkylation sites (tertiary alicyclic amines) is 1. The number of halogens is 2. The van der Waals surface area contributed by atoms with Crippen LogP contribution in [0.2, 0.25) is 0 Å². The number of ether oxygens (including phenoxy) is 1. The highest BCUT2D eigenvalue weighted by molar-refractivity contribution is 5.99. The van der Waals surface area contributed by atoms with E-state index in [1.54, 1.807) is 30.5 Å². The quantitative estimate of drug-likeness (QED) is 0.367. The van der Waals surface area contributed by atoms with E-state index in [-0.39, 0.29) is 30.2 Å². The van der Waals surface area contributed by atoms with Gasteiger partial charge in [-0.3, -0.25) is 19.4 Å². The largest absolute Gasteiger partial charge is 0.483 e. The predicted octanol–water partition coefficient (Wildman–Crippen LogP) is 2.53. The van der Waals surface area contributed by atoms with Gasteiger partial charge in [0.2, 0.25) is 0 Å². The van der Waals surface area contributed by atoms with Gasteiger partial charge < -0.3 is 19.4 Å². The molecule has 6 rings (SSSR count). The summed E-state index contributed by atoms with van der Waals surface area (Å²) in [6.07, 6.45) is 3.69. The first kappa shape index (κ1) is 27.1. The second kappa shape index (κ2) is 10.2. The van der Waals surface area contributed by atoms with Gasteiger partial charge in [-0.2, -0.15) is 0 Å². The van der Waals surface area contributed by atoms with Gasteiger partial charge in [-0.1, -0.05) is 6.07 Å². The molecule has 0 bridgehead atoms. The second-order valence-electron chi connectivity index (χ2n) is 9.78. The van der Waals surface area contributed by atoms with Crippen LogP contribution < -0.4 is 9.64 Å². The average Bonchev–Trinajstić information content (AvgIpc) is 3.20. The number of carbonyl (C=O) groups is 2. The third-order valence-electron chi connectivity index (χ3n) is 6.90. The van der Waals surface area contributed by atoms with Crippen molar-refractivity contribution < 1.29 is 33.3 Å². The number of carboxylic acid groups (broad SMARTS) is 1. The molecule has 0 radical (unpaired) electrons. The van der Waals surface area contributed by atoms with Crippen molar-refractivity contribution in [3.05, 3.63) is 71.7 Å². The number of aliphatic hydroxyl groups is 1. The van der Waals surface area contributed by atoms with Crippen molar-refractivity contribution in [2.45, 2.75) is 32.1 Å². The summed E-state index contributed by atoms with van der Waals surface area (Å²) < 4.78 is 36.8. The number of likely N-dealkylation sites (N-methyl/N-ethyl adjacent to an activating group) is 1. The summed E-state index contributed by atoms with van der Waals surface area (Å²) in [6, 6.07) is 5.73. The summed E-state index contributed by atoms with van der Waals surface area (Å²) in [4.78, 5) is 37.9. The SMILES string of the molecule is Cc1nc2cc(F)c(-c3cnc(C4(O)CN(C)C4)nc3)cn2c1CN1C(=O)[C@@H](C)Oc2c(F)cccc21.O=CO. The lowest BCUT2D eigenvalue weighted by molar-refractivity contribution is -0.126. The van der Waals surface area contributed by atoms with E-state index in [4.69, 9.17) is 14.6 Å². The topological polar surface area (TPSA) is 133 Å². The molecule has 2 aliphatic heterocycles. The van der Waals surface area contributed by atoms with Crippen LogP contribution in [0.1, 0.15) is 24.1 Å². The maximum Gasteiger partial charge on any atom is 0.290 e. The Morgan fingerprint density at radius 1 is 1.20 bits per heavy atom. The van der Waals surface area contributed by atoms with Crippen LogP contribution >= 0.6 is 0 Å². The monoisotopic (exact) mass is 552 g/mol. The van der Waals surface area contributed by atoms with Crippen LogP contribution in [0, 0.1) is 18.6 Å². The number of nitrogens with zero attached hydrogens (tertiary/aromatic N) is 6. The summed E-state index contributed by atoms with van der Waals surface area (Å²) in [6.45, 7) is 4.03. The van der Waals surface area contributed by atoms with Crippen molar-refractivity contribution >= 4 is 23.7 Å². The molecule has 4 aromatic rings. The van der Waals surface area contributed by atoms with Gasteiger partial charge in [0, 0.05) is 48.9 Å². The first-order chi connectivity index (χ1) is 19.1. The number of imidazole rings is 1. The van der Waals surface area contributed by atoms with Gasteiger partial charge >= 0.3 is 0 Å². The number of β-amino-alcohol motifs (C(OH)–C–C–N with tert-alkyl or cyclic N) is 1. The Balaban J connectivity index is 0.00000103. The molecule has 2 aliphatic rings. The summed E-state index contributed by atoms with van der Waals surface area (Å²) in [5, 5.41) is 17.5. The van der Waals surface area contributed by atoms with Crippen LogP contribution in [0.4, 0.5) is 14.5 Å². The van der Waals surface area contributed by atoms with E-state index in [9.17, 15) is 14.3 Å². The van der Waals surface area contributed by atoms with Crippen LogP contribution in [0.5, 0.6) is 5.75 Å². The van der Waals surface area contributed by atoms with E-state index in [2.05, 4.69) is 15.0 Å². The van der Waals surface area contributed by atoms with Gasteiger partial charge in [-0.05, 0) is 33.0 Å². The van der Waals surface area contributed by atoms with Crippen LogP contribution in [0.3, 0.4) is 0 Å². The van der Waals surface area contributed by atoms with Gasteiger partial charge in [-0.25, -0.2) is 23.7 Å². The van der Waals surface area contributed by atoms with Crippen molar-refractivity contribution in [1.82, 2.24) is 24.3 Å². The van der Waals surface area contributed by atoms with Crippen molar-refractivity contribution in [1.29, 1.82) is 0 Å². The number of hydrogen-bond acceptors (Lipinski definition) is 8. The molecule has 208 valence electrons. The maximum atomic E-state index is 15.1. The molecular formula is C27H26F2N6O5. The zero-order chi connectivity index (χ0) is 28.8. The number of fused-ring (bicyclic) bond motifs is 2. The highest BCUT2D eigenvalue weighted by Gasteiger charge is 2.43. The Morgan fingerprint density at radius 3 is 2.52 bits per heavy atom. The van der Waals surface area contributed by atoms with Crippen LogP contribution in [0.15, 0.2) is 42.9 Å². The lowest BCUT2D eigenvalue weighted by Gasteiger charge is -2.42. The Morgan fingerprint density at radius 2 is 1.88 bits per heavy atom. The number of aromatic nitrogens is 4. The molecule has 1 fully saturated rings. The van der Waals surface area contributed by atoms with Crippen molar-refractivity contribution in [2.24, 2.45) is 0 Å². The van der Waals surface area contributed by atoms with Gasteiger partial charge in [0.1, 0.15) is 17.1 Å². The summed E-state index contributed by atoms with van der Waals surface area (Å²) in [7, 11) is 1.89. The maximum absolute atomic E-state index is 15.1. The minimum atomic E-state index is -1.11. The third-order valence-corrected chi connectivity index (χ3v) is 6.90. The number of rotatable bonds is 4. The number of carbonyl (C=O) groups excluding carboxylic acids is 1. The van der Waals surface area contributed by atoms with E-state index in [1.165, 1.54) is 35.5 Å². The normalized spacial score (nSPS) is 17.9. The zero-order valence-electron chi connectivity index (χ0n) is 21.9. The smallest absolute Gasteiger partial charge is 0.290 e. The Bertz CT molecular complexity index is 1600. The molecule has 3 aromatic heterocycles. The van der Waals surface area contributed by atoms with Crippen LogP contribution in [-0.2, 0) is 21.7 Å². The average molecular weight is 553 g/mol. The van der Waals surface area contributed by atoms with E-state index in [0.29, 0.717) is 47.2 Å². The third kappa shape index (κ3) is 4.62. The highest BCUT2D eigenvalue weighted by Crippen LogP contribution is 2.37. The summed E-state index contributed by atoms with van der Waals surface area (Å²) in [5.74, 6) is -1.07. The number of aryl methyl sites for hydroxylation is 1. The molecule has 13 heteroatoms. The van der Waals surface area contributed by atoms with E-state index in [0.717, 1.165) is 0 Å². The summed E-state index contributed by atoms with van der Waals surface area (Å²) >= 11 is 0. The van der Waals surface area contributed by atoms with Crippen LogP contribution in [-0.4, -0.2) is 73.1 Å². The molecule has 0 unspecified atom stereocenters. The molecule has 0 spiro atoms. The number of para-hydroxylation sites is 1. The molecule has 0 saturated carbocycles. The van der Waals surface area contributed by atoms with Crippen molar-refractivity contribution in [3.63, 3.8) is 0 Å². The molecule has 1 saturated heterocycles. The predicted molar refractivity (Wildman–Crippen MR) is 139 cm³/mol. The van der Waals surface area contributed by atoms with Gasteiger partial charge in [0.25, 0.3) is 12.4 Å². The second-order valence-corrected chi connectivity index (χ2v) is 9.78. The summed E-state index contributed by atoms with van der Waals surface area (Å²) in [5.41, 5.74) is 1.49. The fourth-order valence-electron chi connectivity index (χ4n) is 5.03. The Hall–Kier alpha value is -4.49. The molecule has 1 aromatic carbocycles. The lowest BCUT2D eigenvalue weighted by Crippen LogP contribution is -2.58. The van der Waals surface area contributed by atoms with E-state index in [1.807, 2.05) is 11.9 Å². The fourth-order valence-corrected chi connectivity index (χ4v) is 5.03. The van der Waals surface area contributed by atoms with E-state index >= 15 is 4.39 Å². The van der Waals surface area contributed by atoms with Crippen molar-refractivity contribution in [2.75, 3.05) is 25.0 Å². The lowest BCUT2D eigenvalue weighted by atomic mass is 9.94. The number of amides is 1. The van der Waals surface area contributed by atoms with Gasteiger partial charge in [0.05, 0.1) is 23.6 Å². The molecule has 1 amide bonds. The molecular weight excluding hydrogens is 526 g/mol. The first-order valence-electron chi connectivity index (χ1n) is 12.3. The number of pyridine rings is 1. The highest BCUT2D eigenvalue weighted by atomic mass is 19.1. The molecule has 40 heavy (non-hydrogen) atoms. The van der Waals surface area contributed by atoms with Crippen molar-refractivity contribution in [3.8, 4) is 16.9 Å². The molecule has 5 heterocycles. The Labute approximate surface area is 227 Å². The fraction of sp³-hybridized carbons (Fsp3) is 0.296. The number of benzene rings is 1. The molecule has 0 aliphatic carbocycles.